The van der Waals surface area contributed by atoms with Gasteiger partial charge in [-0.15, -0.1) is 0 Å². The topological polar surface area (TPSA) is 97.9 Å². The third-order valence-corrected chi connectivity index (χ3v) is 6.24. The molecule has 38 heavy (non-hydrogen) atoms. The molecule has 4 rings (SSSR count). The smallest absolute Gasteiger partial charge is 0.276 e. The number of rotatable bonds is 9. The first kappa shape index (κ1) is 26.9. The van der Waals surface area contributed by atoms with E-state index in [-0.39, 0.29) is 23.9 Å². The molecule has 0 fully saturated rings. The van der Waals surface area contributed by atoms with Crippen molar-refractivity contribution in [1.29, 1.82) is 0 Å². The van der Waals surface area contributed by atoms with Crippen LogP contribution in [-0.4, -0.2) is 36.7 Å². The van der Waals surface area contributed by atoms with Gasteiger partial charge in [-0.3, -0.25) is 25.8 Å². The molecule has 0 spiro atoms. The molecule has 0 saturated heterocycles. The van der Waals surface area contributed by atoms with Crippen LogP contribution in [0.2, 0.25) is 0 Å². The molecule has 194 valence electrons. The maximum Gasteiger partial charge on any atom is 0.276 e. The Bertz CT molecular complexity index is 1430. The zero-order valence-corrected chi connectivity index (χ0v) is 22.5. The third kappa shape index (κ3) is 7.44. The second-order valence-electron chi connectivity index (χ2n) is 7.85. The van der Waals surface area contributed by atoms with Crippen molar-refractivity contribution in [3.8, 4) is 17.2 Å². The lowest BCUT2D eigenvalue weighted by atomic mass is 10.1. The van der Waals surface area contributed by atoms with Crippen LogP contribution >= 0.6 is 28.1 Å². The summed E-state index contributed by atoms with van der Waals surface area (Å²) in [5.74, 6) is 0.663. The first-order valence-electron chi connectivity index (χ1n) is 11.6. The Morgan fingerprint density at radius 1 is 0.737 bits per heavy atom. The Labute approximate surface area is 233 Å². The van der Waals surface area contributed by atoms with Crippen LogP contribution in [-0.2, 0) is 4.79 Å². The Hall–Kier alpha value is -4.15. The van der Waals surface area contributed by atoms with Gasteiger partial charge in [-0.25, -0.2) is 0 Å². The van der Waals surface area contributed by atoms with Crippen molar-refractivity contribution < 1.29 is 23.8 Å². The van der Waals surface area contributed by atoms with Crippen molar-refractivity contribution in [2.24, 2.45) is 0 Å². The summed E-state index contributed by atoms with van der Waals surface area (Å²) in [6, 6.07) is 27.6. The van der Waals surface area contributed by atoms with Crippen molar-refractivity contribution in [3.05, 3.63) is 101 Å². The summed E-state index contributed by atoms with van der Waals surface area (Å²) in [6.07, 6.45) is 0. The monoisotopic (exact) mass is 593 g/mol. The Kier molecular flexibility index (Phi) is 9.49. The van der Waals surface area contributed by atoms with E-state index in [0.717, 1.165) is 21.0 Å². The Morgan fingerprint density at radius 3 is 2.29 bits per heavy atom. The molecule has 0 unspecified atom stereocenters. The van der Waals surface area contributed by atoms with Gasteiger partial charge in [0.05, 0.1) is 10.0 Å². The van der Waals surface area contributed by atoms with Crippen LogP contribution in [0.3, 0.4) is 0 Å². The number of hydrogen-bond acceptors (Lipinski definition) is 6. The number of hydrogen-bond donors (Lipinski definition) is 3. The lowest BCUT2D eigenvalue weighted by Gasteiger charge is -2.14. The van der Waals surface area contributed by atoms with E-state index in [1.165, 1.54) is 0 Å². The summed E-state index contributed by atoms with van der Waals surface area (Å²) in [7, 11) is 0. The Balaban J connectivity index is 1.22. The van der Waals surface area contributed by atoms with E-state index in [1.54, 1.807) is 30.3 Å². The number of hydrazine groups is 1. The quantitative estimate of drug-likeness (QED) is 0.146. The van der Waals surface area contributed by atoms with E-state index in [1.807, 2.05) is 60.7 Å². The van der Waals surface area contributed by atoms with Gasteiger partial charge in [-0.05, 0) is 69.3 Å². The molecule has 0 aromatic heterocycles. The van der Waals surface area contributed by atoms with Gasteiger partial charge in [0.1, 0.15) is 30.5 Å². The maximum atomic E-state index is 12.7. The second kappa shape index (κ2) is 13.4. The van der Waals surface area contributed by atoms with Crippen LogP contribution in [0.4, 0.5) is 0 Å². The normalized spacial score (nSPS) is 10.3. The first-order valence-corrected chi connectivity index (χ1v) is 12.8. The molecule has 0 heterocycles. The van der Waals surface area contributed by atoms with Crippen LogP contribution in [0.25, 0.3) is 10.8 Å². The average molecular weight is 594 g/mol. The maximum absolute atomic E-state index is 12.7. The van der Waals surface area contributed by atoms with Gasteiger partial charge in [0.2, 0.25) is 0 Å². The SMILES string of the molecule is O=C(COc1ccc2ccccc2c1Br)NNC(=S)NC(=O)c1ccccc1OCCOc1ccccc1. The summed E-state index contributed by atoms with van der Waals surface area (Å²) in [5.41, 5.74) is 5.19. The number of para-hydroxylation sites is 2. The molecule has 10 heteroatoms. The van der Waals surface area contributed by atoms with Gasteiger partial charge in [-0.1, -0.05) is 60.7 Å². The number of nitrogens with one attached hydrogen (secondary N) is 3. The summed E-state index contributed by atoms with van der Waals surface area (Å²) in [6.45, 7) is 0.289. The highest BCUT2D eigenvalue weighted by Gasteiger charge is 2.14. The highest BCUT2D eigenvalue weighted by atomic mass is 79.9. The molecule has 3 N–H and O–H groups in total. The molecule has 0 aliphatic carbocycles. The fourth-order valence-electron chi connectivity index (χ4n) is 3.44. The zero-order valence-electron chi connectivity index (χ0n) is 20.1. The van der Waals surface area contributed by atoms with Crippen molar-refractivity contribution in [1.82, 2.24) is 16.2 Å². The van der Waals surface area contributed by atoms with E-state index in [2.05, 4.69) is 32.1 Å². The van der Waals surface area contributed by atoms with Crippen molar-refractivity contribution in [3.63, 3.8) is 0 Å². The molecule has 2 amide bonds. The van der Waals surface area contributed by atoms with E-state index >= 15 is 0 Å². The van der Waals surface area contributed by atoms with Gasteiger partial charge in [0.15, 0.2) is 11.7 Å². The highest BCUT2D eigenvalue weighted by Crippen LogP contribution is 2.32. The molecular weight excluding hydrogens is 570 g/mol. The number of halogens is 1. The zero-order chi connectivity index (χ0) is 26.7. The fourth-order valence-corrected chi connectivity index (χ4v) is 4.19. The number of carbonyl (C=O) groups is 2. The predicted molar refractivity (Wildman–Crippen MR) is 152 cm³/mol. The van der Waals surface area contributed by atoms with Gasteiger partial charge in [0.25, 0.3) is 11.8 Å². The van der Waals surface area contributed by atoms with E-state index in [9.17, 15) is 9.59 Å². The lowest BCUT2D eigenvalue weighted by Crippen LogP contribution is -2.49. The number of carbonyl (C=O) groups excluding carboxylic acids is 2. The third-order valence-electron chi connectivity index (χ3n) is 5.21. The molecule has 0 saturated carbocycles. The number of thiocarbonyl (C=S) groups is 1. The van der Waals surface area contributed by atoms with Crippen molar-refractivity contribution in [2.45, 2.75) is 0 Å². The number of fused-ring (bicyclic) bond motifs is 1. The fraction of sp³-hybridized carbons (Fsp3) is 0.107. The molecule has 0 aliphatic heterocycles. The summed E-state index contributed by atoms with van der Waals surface area (Å²) < 4.78 is 17.7. The largest absolute Gasteiger partial charge is 0.490 e. The van der Waals surface area contributed by atoms with Crippen LogP contribution in [0, 0.1) is 0 Å². The molecule has 8 nitrogen and oxygen atoms in total. The minimum atomic E-state index is -0.493. The van der Waals surface area contributed by atoms with Crippen molar-refractivity contribution in [2.75, 3.05) is 19.8 Å². The number of amides is 2. The van der Waals surface area contributed by atoms with Gasteiger partial charge >= 0.3 is 0 Å². The molecule has 0 atom stereocenters. The molecule has 0 radical (unpaired) electrons. The van der Waals surface area contributed by atoms with E-state index < -0.39 is 11.8 Å². The highest BCUT2D eigenvalue weighted by molar-refractivity contribution is 9.10. The predicted octanol–water partition coefficient (Wildman–Crippen LogP) is 4.77. The van der Waals surface area contributed by atoms with Crippen LogP contribution in [0.15, 0.2) is 95.5 Å². The van der Waals surface area contributed by atoms with Gasteiger partial charge in [0, 0.05) is 0 Å². The molecule has 4 aromatic rings. The summed E-state index contributed by atoms with van der Waals surface area (Å²) >= 11 is 8.66. The van der Waals surface area contributed by atoms with Crippen LogP contribution < -0.4 is 30.4 Å². The minimum absolute atomic E-state index is 0.0857. The minimum Gasteiger partial charge on any atom is -0.490 e. The van der Waals surface area contributed by atoms with Crippen molar-refractivity contribution >= 4 is 55.8 Å². The molecule has 0 aliphatic rings. The van der Waals surface area contributed by atoms with Gasteiger partial charge in [-0.2, -0.15) is 0 Å². The lowest BCUT2D eigenvalue weighted by molar-refractivity contribution is -0.123. The number of benzene rings is 4. The standard InChI is InChI=1S/C28H24BrN3O5S/c29-26-21-11-5-4-8-19(21)14-15-24(26)37-18-25(33)31-32-28(38)30-27(34)22-12-6-7-13-23(22)36-17-16-35-20-9-2-1-3-10-20/h1-15H,16-18H2,(H,31,33)(H2,30,32,34,38). The molecule has 0 bridgehead atoms. The average Bonchev–Trinajstić information content (AvgIpc) is 2.95. The van der Waals surface area contributed by atoms with Gasteiger partial charge < -0.3 is 14.2 Å². The summed E-state index contributed by atoms with van der Waals surface area (Å²) in [4.78, 5) is 25.0. The number of ether oxygens (including phenoxy) is 3. The Morgan fingerprint density at radius 2 is 1.45 bits per heavy atom. The van der Waals surface area contributed by atoms with E-state index in [4.69, 9.17) is 26.4 Å². The second-order valence-corrected chi connectivity index (χ2v) is 9.05. The first-order chi connectivity index (χ1) is 18.5. The molecule has 4 aromatic carbocycles. The van der Waals surface area contributed by atoms with E-state index in [0.29, 0.717) is 18.1 Å². The van der Waals surface area contributed by atoms with Crippen LogP contribution in [0.1, 0.15) is 10.4 Å². The van der Waals surface area contributed by atoms with Crippen LogP contribution in [0.5, 0.6) is 17.2 Å². The molecular formula is C28H24BrN3O5S. The summed E-state index contributed by atoms with van der Waals surface area (Å²) in [5, 5.41) is 4.45.